The number of hydrogen-bond acceptors (Lipinski definition) is 5. The number of para-hydroxylation sites is 1. The second-order valence-electron chi connectivity index (χ2n) is 7.42. The number of carbonyl (C=O) groups is 1. The van der Waals surface area contributed by atoms with Crippen LogP contribution in [0.4, 0.5) is 5.13 Å². The van der Waals surface area contributed by atoms with Gasteiger partial charge in [0.25, 0.3) is 0 Å². The smallest absolute Gasteiger partial charge is 0.228 e. The van der Waals surface area contributed by atoms with Crippen LogP contribution in [-0.2, 0) is 11.3 Å². The van der Waals surface area contributed by atoms with Crippen LogP contribution >= 0.6 is 23.1 Å². The minimum absolute atomic E-state index is 0.120. The second kappa shape index (κ2) is 10.1. The van der Waals surface area contributed by atoms with Crippen LogP contribution in [0.3, 0.4) is 0 Å². The Labute approximate surface area is 191 Å². The highest BCUT2D eigenvalue weighted by Gasteiger charge is 2.20. The van der Waals surface area contributed by atoms with Crippen molar-refractivity contribution in [2.75, 3.05) is 17.2 Å². The van der Waals surface area contributed by atoms with Crippen molar-refractivity contribution in [2.24, 2.45) is 0 Å². The van der Waals surface area contributed by atoms with Gasteiger partial charge < -0.3 is 0 Å². The van der Waals surface area contributed by atoms with E-state index in [-0.39, 0.29) is 5.91 Å². The summed E-state index contributed by atoms with van der Waals surface area (Å²) in [6.07, 6.45) is 1.34. The third-order valence-corrected chi connectivity index (χ3v) is 7.16. The predicted octanol–water partition coefficient (Wildman–Crippen LogP) is 5.72. The van der Waals surface area contributed by atoms with Crippen molar-refractivity contribution in [3.8, 4) is 0 Å². The van der Waals surface area contributed by atoms with Crippen molar-refractivity contribution < 1.29 is 4.79 Å². The van der Waals surface area contributed by atoms with Gasteiger partial charge in [0.2, 0.25) is 5.91 Å². The van der Waals surface area contributed by atoms with E-state index in [0.717, 1.165) is 38.9 Å². The number of benzene rings is 2. The van der Waals surface area contributed by atoms with E-state index in [2.05, 4.69) is 29.4 Å². The van der Waals surface area contributed by atoms with Gasteiger partial charge in [0.05, 0.1) is 22.5 Å². The lowest BCUT2D eigenvalue weighted by Crippen LogP contribution is -2.34. The molecule has 2 aromatic carbocycles. The van der Waals surface area contributed by atoms with Gasteiger partial charge in [-0.1, -0.05) is 41.7 Å². The van der Waals surface area contributed by atoms with Crippen LogP contribution in [0.5, 0.6) is 0 Å². The number of amides is 1. The SMILES string of the molecule is Cc1cc(C)n(CCN(C(=O)CCCSc2ccccc2)c2nc3ccccc3s2)n1. The summed E-state index contributed by atoms with van der Waals surface area (Å²) < 4.78 is 3.06. The van der Waals surface area contributed by atoms with Crippen LogP contribution < -0.4 is 4.90 Å². The van der Waals surface area contributed by atoms with E-state index < -0.39 is 0 Å². The maximum absolute atomic E-state index is 13.2. The summed E-state index contributed by atoms with van der Waals surface area (Å²) >= 11 is 3.36. The zero-order valence-electron chi connectivity index (χ0n) is 17.8. The van der Waals surface area contributed by atoms with Gasteiger partial charge in [-0.05, 0) is 56.4 Å². The summed E-state index contributed by atoms with van der Waals surface area (Å²) in [7, 11) is 0. The van der Waals surface area contributed by atoms with E-state index in [1.54, 1.807) is 23.1 Å². The standard InChI is InChI=1S/C24H26N4OS2/c1-18-17-19(2)28(26-18)15-14-27(24-25-21-11-6-7-12-22(21)31-24)23(29)13-8-16-30-20-9-4-3-5-10-20/h3-7,9-12,17H,8,13-16H2,1-2H3. The van der Waals surface area contributed by atoms with Crippen LogP contribution in [0, 0.1) is 13.8 Å². The van der Waals surface area contributed by atoms with E-state index in [1.807, 2.05) is 59.8 Å². The minimum Gasteiger partial charge on any atom is -0.286 e. The fourth-order valence-corrected chi connectivity index (χ4v) is 5.35. The molecule has 2 heterocycles. The number of nitrogens with zero attached hydrogens (tertiary/aromatic N) is 4. The number of carbonyl (C=O) groups excluding carboxylic acids is 1. The van der Waals surface area contributed by atoms with Gasteiger partial charge in [-0.15, -0.1) is 11.8 Å². The molecule has 0 bridgehead atoms. The van der Waals surface area contributed by atoms with Crippen molar-refractivity contribution in [3.63, 3.8) is 0 Å². The largest absolute Gasteiger partial charge is 0.286 e. The Morgan fingerprint density at radius 3 is 2.61 bits per heavy atom. The third kappa shape index (κ3) is 5.54. The van der Waals surface area contributed by atoms with Gasteiger partial charge in [-0.2, -0.15) is 5.10 Å². The summed E-state index contributed by atoms with van der Waals surface area (Å²) in [5, 5.41) is 5.31. The number of thioether (sulfide) groups is 1. The molecule has 0 radical (unpaired) electrons. The molecule has 7 heteroatoms. The maximum atomic E-state index is 13.2. The molecule has 160 valence electrons. The molecule has 2 aromatic heterocycles. The first-order valence-electron chi connectivity index (χ1n) is 10.4. The minimum atomic E-state index is 0.120. The molecule has 4 aromatic rings. The van der Waals surface area contributed by atoms with Crippen LogP contribution in [-0.4, -0.2) is 33.0 Å². The molecule has 0 aliphatic heterocycles. The van der Waals surface area contributed by atoms with Crippen LogP contribution in [0.1, 0.15) is 24.2 Å². The fraction of sp³-hybridized carbons (Fsp3) is 0.292. The fourth-order valence-electron chi connectivity index (χ4n) is 3.46. The molecule has 0 N–H and O–H groups in total. The number of anilines is 1. The summed E-state index contributed by atoms with van der Waals surface area (Å²) in [6, 6.07) is 20.4. The molecule has 4 rings (SSSR count). The van der Waals surface area contributed by atoms with E-state index in [0.29, 0.717) is 19.5 Å². The molecular formula is C24H26N4OS2. The Kier molecular flexibility index (Phi) is 7.04. The number of hydrogen-bond donors (Lipinski definition) is 0. The van der Waals surface area contributed by atoms with Crippen molar-refractivity contribution in [2.45, 2.75) is 38.1 Å². The molecule has 0 aliphatic carbocycles. The molecule has 0 fully saturated rings. The second-order valence-corrected chi connectivity index (χ2v) is 9.60. The van der Waals surface area contributed by atoms with E-state index in [4.69, 9.17) is 4.98 Å². The van der Waals surface area contributed by atoms with Gasteiger partial charge in [-0.3, -0.25) is 14.4 Å². The summed E-state index contributed by atoms with van der Waals surface area (Å²) in [5.74, 6) is 1.04. The highest BCUT2D eigenvalue weighted by molar-refractivity contribution is 7.99. The molecule has 0 atom stereocenters. The number of rotatable bonds is 9. The molecule has 0 saturated carbocycles. The van der Waals surface area contributed by atoms with Gasteiger partial charge in [0.15, 0.2) is 5.13 Å². The van der Waals surface area contributed by atoms with Gasteiger partial charge in [0.1, 0.15) is 0 Å². The van der Waals surface area contributed by atoms with Crippen LogP contribution in [0.25, 0.3) is 10.2 Å². The Hall–Kier alpha value is -2.64. The van der Waals surface area contributed by atoms with Crippen LogP contribution in [0.15, 0.2) is 65.6 Å². The molecule has 1 amide bonds. The summed E-state index contributed by atoms with van der Waals surface area (Å²) in [6.45, 7) is 5.25. The molecule has 0 aliphatic rings. The molecular weight excluding hydrogens is 424 g/mol. The lowest BCUT2D eigenvalue weighted by molar-refractivity contribution is -0.118. The number of fused-ring (bicyclic) bond motifs is 1. The normalized spacial score (nSPS) is 11.2. The first-order valence-corrected chi connectivity index (χ1v) is 12.3. The van der Waals surface area contributed by atoms with Gasteiger partial charge in [0, 0.05) is 23.6 Å². The molecule has 0 saturated heterocycles. The summed E-state index contributed by atoms with van der Waals surface area (Å²) in [4.78, 5) is 21.0. The molecule has 31 heavy (non-hydrogen) atoms. The zero-order valence-corrected chi connectivity index (χ0v) is 19.5. The molecule has 5 nitrogen and oxygen atoms in total. The van der Waals surface area contributed by atoms with E-state index in [1.165, 1.54) is 4.90 Å². The Morgan fingerprint density at radius 1 is 1.10 bits per heavy atom. The van der Waals surface area contributed by atoms with Gasteiger partial charge >= 0.3 is 0 Å². The number of aromatic nitrogens is 3. The van der Waals surface area contributed by atoms with Gasteiger partial charge in [-0.25, -0.2) is 4.98 Å². The monoisotopic (exact) mass is 450 g/mol. The van der Waals surface area contributed by atoms with Crippen molar-refractivity contribution >= 4 is 44.4 Å². The maximum Gasteiger partial charge on any atom is 0.228 e. The first kappa shape index (κ1) is 21.6. The molecule has 0 unspecified atom stereocenters. The van der Waals surface area contributed by atoms with Crippen molar-refractivity contribution in [3.05, 3.63) is 72.1 Å². The quantitative estimate of drug-likeness (QED) is 0.242. The van der Waals surface area contributed by atoms with Crippen LogP contribution in [0.2, 0.25) is 0 Å². The number of aryl methyl sites for hydroxylation is 2. The lowest BCUT2D eigenvalue weighted by atomic mass is 10.3. The zero-order chi connectivity index (χ0) is 21.6. The summed E-state index contributed by atoms with van der Waals surface area (Å²) in [5.41, 5.74) is 3.04. The lowest BCUT2D eigenvalue weighted by Gasteiger charge is -2.20. The number of thiazole rings is 1. The Bertz CT molecular complexity index is 1120. The average molecular weight is 451 g/mol. The van der Waals surface area contributed by atoms with Crippen molar-refractivity contribution in [1.82, 2.24) is 14.8 Å². The molecule has 0 spiro atoms. The first-order chi connectivity index (χ1) is 15.1. The Morgan fingerprint density at radius 2 is 1.87 bits per heavy atom. The predicted molar refractivity (Wildman–Crippen MR) is 130 cm³/mol. The van der Waals surface area contributed by atoms with E-state index >= 15 is 0 Å². The Balaban J connectivity index is 1.44. The topological polar surface area (TPSA) is 51.0 Å². The van der Waals surface area contributed by atoms with E-state index in [9.17, 15) is 4.79 Å². The van der Waals surface area contributed by atoms with Crippen molar-refractivity contribution in [1.29, 1.82) is 0 Å². The highest BCUT2D eigenvalue weighted by atomic mass is 32.2. The average Bonchev–Trinajstić information content (AvgIpc) is 3.34. The third-order valence-electron chi connectivity index (χ3n) is 5.00. The highest BCUT2D eigenvalue weighted by Crippen LogP contribution is 2.29.